The number of halogens is 1. The second-order valence-electron chi connectivity index (χ2n) is 4.88. The van der Waals surface area contributed by atoms with Crippen LogP contribution in [0.25, 0.3) is 0 Å². The Morgan fingerprint density at radius 2 is 1.75 bits per heavy atom. The summed E-state index contributed by atoms with van der Waals surface area (Å²) in [7, 11) is 0. The standard InChI is InChI=1S/C13H19BrO2/c1-7(2)5-10-11(15)6-9(8(3)4)13(16)12(10)14/h6-8,15-16H,5H2,1-4H3. The summed E-state index contributed by atoms with van der Waals surface area (Å²) in [5.41, 5.74) is 1.56. The summed E-state index contributed by atoms with van der Waals surface area (Å²) in [5, 5.41) is 20.0. The van der Waals surface area contributed by atoms with Crippen molar-refractivity contribution in [2.45, 2.75) is 40.0 Å². The SMILES string of the molecule is CC(C)Cc1c(O)cc(C(C)C)c(O)c1Br. The van der Waals surface area contributed by atoms with Gasteiger partial charge in [-0.15, -0.1) is 0 Å². The van der Waals surface area contributed by atoms with Crippen molar-refractivity contribution in [1.82, 2.24) is 0 Å². The Labute approximate surface area is 105 Å². The van der Waals surface area contributed by atoms with Gasteiger partial charge in [-0.1, -0.05) is 27.7 Å². The Morgan fingerprint density at radius 3 is 2.19 bits per heavy atom. The van der Waals surface area contributed by atoms with Gasteiger partial charge >= 0.3 is 0 Å². The summed E-state index contributed by atoms with van der Waals surface area (Å²) in [6.07, 6.45) is 0.748. The second-order valence-corrected chi connectivity index (χ2v) is 5.67. The maximum Gasteiger partial charge on any atom is 0.133 e. The first kappa shape index (κ1) is 13.4. The molecule has 0 radical (unpaired) electrons. The molecule has 2 nitrogen and oxygen atoms in total. The van der Waals surface area contributed by atoms with E-state index in [1.54, 1.807) is 6.07 Å². The van der Waals surface area contributed by atoms with Gasteiger partial charge in [0, 0.05) is 11.1 Å². The largest absolute Gasteiger partial charge is 0.508 e. The lowest BCUT2D eigenvalue weighted by Gasteiger charge is -2.16. The van der Waals surface area contributed by atoms with Crippen LogP contribution in [-0.2, 0) is 6.42 Å². The monoisotopic (exact) mass is 286 g/mol. The third-order valence-electron chi connectivity index (χ3n) is 2.58. The predicted octanol–water partition coefficient (Wildman–Crippen LogP) is 4.18. The Kier molecular flexibility index (Phi) is 4.25. The Balaban J connectivity index is 3.28. The van der Waals surface area contributed by atoms with E-state index in [0.717, 1.165) is 17.5 Å². The van der Waals surface area contributed by atoms with E-state index in [9.17, 15) is 10.2 Å². The highest BCUT2D eigenvalue weighted by atomic mass is 79.9. The number of phenolic OH excluding ortho intramolecular Hbond substituents is 2. The van der Waals surface area contributed by atoms with E-state index in [1.807, 2.05) is 13.8 Å². The van der Waals surface area contributed by atoms with Crippen LogP contribution in [0.15, 0.2) is 10.5 Å². The minimum Gasteiger partial charge on any atom is -0.508 e. The van der Waals surface area contributed by atoms with Crippen LogP contribution in [0.2, 0.25) is 0 Å². The van der Waals surface area contributed by atoms with Crippen LogP contribution in [0.3, 0.4) is 0 Å². The summed E-state index contributed by atoms with van der Waals surface area (Å²) < 4.78 is 0.630. The van der Waals surface area contributed by atoms with E-state index in [2.05, 4.69) is 29.8 Å². The van der Waals surface area contributed by atoms with Crippen LogP contribution in [0.4, 0.5) is 0 Å². The average molecular weight is 287 g/mol. The fourth-order valence-electron chi connectivity index (χ4n) is 1.73. The summed E-state index contributed by atoms with van der Waals surface area (Å²) in [4.78, 5) is 0. The first-order valence-corrected chi connectivity index (χ1v) is 6.37. The quantitative estimate of drug-likeness (QED) is 0.819. The van der Waals surface area contributed by atoms with Gasteiger partial charge in [0.05, 0.1) is 4.47 Å². The van der Waals surface area contributed by atoms with Crippen LogP contribution in [0.1, 0.15) is 44.7 Å². The molecule has 16 heavy (non-hydrogen) atoms. The first-order valence-electron chi connectivity index (χ1n) is 5.57. The van der Waals surface area contributed by atoms with Gasteiger partial charge in [0.25, 0.3) is 0 Å². The molecule has 0 amide bonds. The molecular weight excluding hydrogens is 268 g/mol. The zero-order valence-corrected chi connectivity index (χ0v) is 11.8. The van der Waals surface area contributed by atoms with Crippen molar-refractivity contribution in [3.8, 4) is 11.5 Å². The highest BCUT2D eigenvalue weighted by Gasteiger charge is 2.17. The van der Waals surface area contributed by atoms with Gasteiger partial charge in [-0.25, -0.2) is 0 Å². The summed E-state index contributed by atoms with van der Waals surface area (Å²) >= 11 is 3.37. The van der Waals surface area contributed by atoms with Crippen LogP contribution < -0.4 is 0 Å². The number of phenols is 2. The van der Waals surface area contributed by atoms with Crippen LogP contribution in [-0.4, -0.2) is 10.2 Å². The summed E-state index contributed by atoms with van der Waals surface area (Å²) in [6, 6.07) is 1.67. The van der Waals surface area contributed by atoms with Crippen molar-refractivity contribution in [2.75, 3.05) is 0 Å². The number of hydrogen-bond donors (Lipinski definition) is 2. The molecule has 0 heterocycles. The molecule has 0 aliphatic carbocycles. The Morgan fingerprint density at radius 1 is 1.19 bits per heavy atom. The van der Waals surface area contributed by atoms with Crippen molar-refractivity contribution < 1.29 is 10.2 Å². The smallest absolute Gasteiger partial charge is 0.133 e. The molecule has 0 fully saturated rings. The zero-order chi connectivity index (χ0) is 12.5. The van der Waals surface area contributed by atoms with Gasteiger partial charge in [-0.2, -0.15) is 0 Å². The van der Waals surface area contributed by atoms with E-state index >= 15 is 0 Å². The van der Waals surface area contributed by atoms with Gasteiger partial charge in [-0.3, -0.25) is 0 Å². The van der Waals surface area contributed by atoms with Gasteiger partial charge < -0.3 is 10.2 Å². The molecule has 0 atom stereocenters. The van der Waals surface area contributed by atoms with Crippen molar-refractivity contribution in [3.63, 3.8) is 0 Å². The molecule has 90 valence electrons. The molecule has 0 aliphatic rings. The number of aromatic hydroxyl groups is 2. The van der Waals surface area contributed by atoms with Gasteiger partial charge in [-0.05, 0) is 40.3 Å². The fraction of sp³-hybridized carbons (Fsp3) is 0.538. The summed E-state index contributed by atoms with van der Waals surface area (Å²) in [6.45, 7) is 8.14. The normalized spacial score (nSPS) is 11.4. The molecule has 0 unspecified atom stereocenters. The molecule has 0 saturated carbocycles. The molecule has 1 aromatic rings. The third-order valence-corrected chi connectivity index (χ3v) is 3.44. The minimum atomic E-state index is 0.190. The van der Waals surface area contributed by atoms with Gasteiger partial charge in [0.2, 0.25) is 0 Å². The van der Waals surface area contributed by atoms with E-state index in [0.29, 0.717) is 10.4 Å². The average Bonchev–Trinajstić information content (AvgIpc) is 2.17. The molecule has 0 aromatic heterocycles. The second kappa shape index (κ2) is 5.09. The topological polar surface area (TPSA) is 40.5 Å². The molecule has 3 heteroatoms. The zero-order valence-electron chi connectivity index (χ0n) is 10.2. The predicted molar refractivity (Wildman–Crippen MR) is 70.1 cm³/mol. The van der Waals surface area contributed by atoms with Crippen LogP contribution in [0, 0.1) is 5.92 Å². The molecule has 0 aliphatic heterocycles. The molecule has 1 rings (SSSR count). The number of rotatable bonds is 3. The van der Waals surface area contributed by atoms with Gasteiger partial charge in [0.1, 0.15) is 11.5 Å². The Hall–Kier alpha value is -0.700. The molecule has 0 saturated heterocycles. The van der Waals surface area contributed by atoms with Crippen molar-refractivity contribution in [3.05, 3.63) is 21.7 Å². The first-order chi connectivity index (χ1) is 7.34. The lowest BCUT2D eigenvalue weighted by atomic mass is 9.95. The lowest BCUT2D eigenvalue weighted by molar-refractivity contribution is 0.438. The molecule has 0 spiro atoms. The highest BCUT2D eigenvalue weighted by Crippen LogP contribution is 2.41. The molecule has 0 bridgehead atoms. The van der Waals surface area contributed by atoms with Gasteiger partial charge in [0.15, 0.2) is 0 Å². The fourth-order valence-corrected chi connectivity index (χ4v) is 2.32. The Bertz CT molecular complexity index is 384. The van der Waals surface area contributed by atoms with Crippen molar-refractivity contribution in [2.24, 2.45) is 5.92 Å². The molecule has 1 aromatic carbocycles. The van der Waals surface area contributed by atoms with Crippen molar-refractivity contribution in [1.29, 1.82) is 0 Å². The third kappa shape index (κ3) is 2.70. The van der Waals surface area contributed by atoms with E-state index < -0.39 is 0 Å². The van der Waals surface area contributed by atoms with Crippen LogP contribution in [0.5, 0.6) is 11.5 Å². The number of benzene rings is 1. The van der Waals surface area contributed by atoms with Crippen molar-refractivity contribution >= 4 is 15.9 Å². The van der Waals surface area contributed by atoms with E-state index in [4.69, 9.17) is 0 Å². The molecule has 2 N–H and O–H groups in total. The number of hydrogen-bond acceptors (Lipinski definition) is 2. The summed E-state index contributed by atoms with van der Waals surface area (Å²) in [5.74, 6) is 1.15. The highest BCUT2D eigenvalue weighted by molar-refractivity contribution is 9.10. The molecular formula is C13H19BrO2. The lowest BCUT2D eigenvalue weighted by Crippen LogP contribution is -1.99. The van der Waals surface area contributed by atoms with E-state index in [-0.39, 0.29) is 17.4 Å². The maximum absolute atomic E-state index is 10.0. The maximum atomic E-state index is 10.0. The minimum absolute atomic E-state index is 0.190. The van der Waals surface area contributed by atoms with E-state index in [1.165, 1.54) is 0 Å². The van der Waals surface area contributed by atoms with Crippen LogP contribution >= 0.6 is 15.9 Å².